The molecule has 0 spiro atoms. The van der Waals surface area contributed by atoms with Crippen LogP contribution < -0.4 is 0 Å². The van der Waals surface area contributed by atoms with Crippen LogP contribution in [0.3, 0.4) is 0 Å². The highest BCUT2D eigenvalue weighted by molar-refractivity contribution is 8.15. The first-order valence-corrected chi connectivity index (χ1v) is 29.7. The van der Waals surface area contributed by atoms with E-state index in [1.807, 2.05) is 0 Å². The number of Topliss-reactive ketones (excluding diaryl/α,β-unsaturated/α-hetero) is 1. The van der Waals surface area contributed by atoms with Crippen LogP contribution in [0.4, 0.5) is 0 Å². The molecule has 358 valence electrons. The summed E-state index contributed by atoms with van der Waals surface area (Å²) in [5, 5.41) is -0.283. The molecule has 0 aromatic heterocycles. The van der Waals surface area contributed by atoms with E-state index in [0.29, 0.717) is 31.4 Å². The molecule has 0 saturated heterocycles. The minimum absolute atomic E-state index is 0.0858. The Hall–Kier alpha value is -0.253. The normalized spacial score (nSPS) is 12.5. The number of nitrogens with zero attached hydrogens (tertiary/aromatic N) is 1. The molecule has 8 heteroatoms. The molecule has 0 aromatic carbocycles. The summed E-state index contributed by atoms with van der Waals surface area (Å²) in [5.41, 5.74) is 0. The second-order valence-corrected chi connectivity index (χ2v) is 21.9. The molecule has 0 amide bonds. The Morgan fingerprint density at radius 2 is 0.783 bits per heavy atom. The number of ketones is 1. The lowest BCUT2D eigenvalue weighted by atomic mass is 10.1. The lowest BCUT2D eigenvalue weighted by Gasteiger charge is -2.37. The van der Waals surface area contributed by atoms with Crippen molar-refractivity contribution in [1.82, 2.24) is 4.90 Å². The summed E-state index contributed by atoms with van der Waals surface area (Å²) in [6, 6.07) is 0.693. The van der Waals surface area contributed by atoms with Gasteiger partial charge in [0.1, 0.15) is 6.23 Å². The van der Waals surface area contributed by atoms with Gasteiger partial charge in [-0.2, -0.15) is 0 Å². The first-order chi connectivity index (χ1) is 29.4. The number of hydrogen-bond donors (Lipinski definition) is 0. The zero-order valence-electron chi connectivity index (χ0n) is 41.4. The smallest absolute Gasteiger partial charge is 0.373 e. The van der Waals surface area contributed by atoms with Gasteiger partial charge >= 0.3 is 8.80 Å². The minimum Gasteiger partial charge on any atom is -0.373 e. The van der Waals surface area contributed by atoms with Crippen LogP contribution in [0.2, 0.25) is 6.04 Å². The van der Waals surface area contributed by atoms with Gasteiger partial charge < -0.3 is 13.3 Å². The molecule has 0 bridgehead atoms. The molecule has 0 aliphatic carbocycles. The highest BCUT2D eigenvalue weighted by atomic mass is 32.2. The molecule has 0 aliphatic rings. The van der Waals surface area contributed by atoms with Gasteiger partial charge in [0.25, 0.3) is 5.12 Å². The summed E-state index contributed by atoms with van der Waals surface area (Å²) < 4.78 is 21.2. The zero-order valence-corrected chi connectivity index (χ0v) is 43.2. The molecule has 60 heavy (non-hydrogen) atoms. The molecule has 1 unspecified atom stereocenters. The fraction of sp³-hybridized carbons (Fsp3) is 0.962. The van der Waals surface area contributed by atoms with Crippen LogP contribution >= 0.6 is 11.8 Å². The summed E-state index contributed by atoms with van der Waals surface area (Å²) in [6.07, 6.45) is 45.2. The highest BCUT2D eigenvalue weighted by Crippen LogP contribution is 2.26. The third-order valence-electron chi connectivity index (χ3n) is 12.2. The van der Waals surface area contributed by atoms with Crippen LogP contribution in [0.15, 0.2) is 0 Å². The second kappa shape index (κ2) is 46.7. The Bertz CT molecular complexity index is 868. The van der Waals surface area contributed by atoms with Gasteiger partial charge in [0.15, 0.2) is 0 Å². The van der Waals surface area contributed by atoms with Crippen molar-refractivity contribution in [2.45, 2.75) is 291 Å². The molecule has 0 aliphatic heterocycles. The summed E-state index contributed by atoms with van der Waals surface area (Å²) in [4.78, 5) is 28.0. The van der Waals surface area contributed by atoms with E-state index >= 15 is 0 Å². The molecule has 0 fully saturated rings. The number of carbonyl (C=O) groups is 2. The third kappa shape index (κ3) is 38.2. The SMILES string of the molecule is CCCCCCCCCCO[Si](CCCSC(=O)C(=O)CCCCC)(OCCCCCCCCCC)OC(C)N(CCCCCCCCCC)CCCCCCCCCC. The molecule has 1 atom stereocenters. The van der Waals surface area contributed by atoms with Crippen molar-refractivity contribution in [3.8, 4) is 0 Å². The standard InChI is InChI=1S/C52H105NO5SSi/c1-7-12-17-21-25-29-33-38-44-53(45-39-34-30-26-22-18-13-8-2)50(6)58-60(56-46-40-35-31-27-23-19-14-9-3,57-47-41-36-32-28-24-20-15-10-4)49-42-48-59-52(55)51(54)43-37-16-11-5/h50H,7-49H2,1-6H3. The van der Waals surface area contributed by atoms with Crippen molar-refractivity contribution < 1.29 is 22.9 Å². The molecule has 0 N–H and O–H groups in total. The van der Waals surface area contributed by atoms with E-state index in [1.54, 1.807) is 0 Å². The molecule has 6 nitrogen and oxygen atoms in total. The van der Waals surface area contributed by atoms with Crippen molar-refractivity contribution in [1.29, 1.82) is 0 Å². The summed E-state index contributed by atoms with van der Waals surface area (Å²) in [7, 11) is -3.12. The fourth-order valence-electron chi connectivity index (χ4n) is 8.12. The van der Waals surface area contributed by atoms with Gasteiger partial charge in [-0.3, -0.25) is 14.5 Å². The van der Waals surface area contributed by atoms with E-state index in [9.17, 15) is 9.59 Å². The van der Waals surface area contributed by atoms with Crippen molar-refractivity contribution in [2.24, 2.45) is 0 Å². The quantitative estimate of drug-likeness (QED) is 0.0261. The van der Waals surface area contributed by atoms with Crippen LogP contribution in [0.1, 0.15) is 279 Å². The van der Waals surface area contributed by atoms with E-state index in [-0.39, 0.29) is 17.1 Å². The average Bonchev–Trinajstić information content (AvgIpc) is 3.25. The van der Waals surface area contributed by atoms with E-state index in [2.05, 4.69) is 46.4 Å². The average molecular weight is 885 g/mol. The highest BCUT2D eigenvalue weighted by Gasteiger charge is 2.43. The summed E-state index contributed by atoms with van der Waals surface area (Å²) in [6.45, 7) is 17.0. The minimum atomic E-state index is -3.12. The number of hydrogen-bond acceptors (Lipinski definition) is 7. The van der Waals surface area contributed by atoms with Crippen molar-refractivity contribution >= 4 is 31.5 Å². The molecule has 0 saturated carbocycles. The molecular weight excluding hydrogens is 779 g/mol. The molecule has 0 rings (SSSR count). The number of unbranched alkanes of at least 4 members (excludes halogenated alkanes) is 30. The van der Waals surface area contributed by atoms with E-state index < -0.39 is 8.80 Å². The maximum Gasteiger partial charge on any atom is 0.502 e. The first-order valence-electron chi connectivity index (χ1n) is 26.8. The fourth-order valence-corrected chi connectivity index (χ4v) is 11.9. The van der Waals surface area contributed by atoms with Gasteiger partial charge in [-0.1, -0.05) is 239 Å². The molecular formula is C52H105NO5SSi. The third-order valence-corrected chi connectivity index (χ3v) is 16.1. The number of thioether (sulfide) groups is 1. The van der Waals surface area contributed by atoms with Crippen LogP contribution in [0.25, 0.3) is 0 Å². The van der Waals surface area contributed by atoms with E-state index in [1.165, 1.54) is 204 Å². The van der Waals surface area contributed by atoms with Gasteiger partial charge in [-0.25, -0.2) is 0 Å². The summed E-state index contributed by atoms with van der Waals surface area (Å²) in [5.74, 6) is 0.379. The van der Waals surface area contributed by atoms with Gasteiger partial charge in [-0.15, -0.1) is 0 Å². The van der Waals surface area contributed by atoms with Crippen LogP contribution in [0.5, 0.6) is 0 Å². The van der Waals surface area contributed by atoms with Crippen molar-refractivity contribution in [3.05, 3.63) is 0 Å². The Labute approximate surface area is 381 Å². The predicted octanol–water partition coefficient (Wildman–Crippen LogP) is 17.0. The maximum atomic E-state index is 12.8. The zero-order chi connectivity index (χ0) is 44.0. The monoisotopic (exact) mass is 884 g/mol. The van der Waals surface area contributed by atoms with E-state index in [0.717, 1.165) is 51.6 Å². The summed E-state index contributed by atoms with van der Waals surface area (Å²) >= 11 is 1.19. The van der Waals surface area contributed by atoms with Crippen molar-refractivity contribution in [2.75, 3.05) is 32.1 Å². The number of rotatable bonds is 50. The van der Waals surface area contributed by atoms with E-state index in [4.69, 9.17) is 13.3 Å². The molecule has 0 aromatic rings. The lowest BCUT2D eigenvalue weighted by Crippen LogP contribution is -2.52. The van der Waals surface area contributed by atoms with Gasteiger partial charge in [0.05, 0.1) is 0 Å². The van der Waals surface area contributed by atoms with Crippen LogP contribution in [-0.4, -0.2) is 62.9 Å². The predicted molar refractivity (Wildman–Crippen MR) is 266 cm³/mol. The first kappa shape index (κ1) is 59.7. The van der Waals surface area contributed by atoms with Crippen LogP contribution in [0, 0.1) is 0 Å². The lowest BCUT2D eigenvalue weighted by molar-refractivity contribution is -0.131. The maximum absolute atomic E-state index is 12.8. The van der Waals surface area contributed by atoms with Crippen LogP contribution in [-0.2, 0) is 22.9 Å². The Kier molecular flexibility index (Phi) is 46.5. The Morgan fingerprint density at radius 3 is 1.17 bits per heavy atom. The largest absolute Gasteiger partial charge is 0.502 e. The van der Waals surface area contributed by atoms with Gasteiger partial charge in [-0.05, 0) is 45.4 Å². The number of carbonyl (C=O) groups excluding carboxylic acids is 2. The molecule has 0 radical (unpaired) electrons. The topological polar surface area (TPSA) is 65.1 Å². The Balaban J connectivity index is 5.92. The molecule has 0 heterocycles. The second-order valence-electron chi connectivity index (χ2n) is 18.2. The Morgan fingerprint density at radius 1 is 0.450 bits per heavy atom. The van der Waals surface area contributed by atoms with Gasteiger partial charge in [0.2, 0.25) is 5.78 Å². The van der Waals surface area contributed by atoms with Gasteiger partial charge in [0, 0.05) is 44.5 Å². The van der Waals surface area contributed by atoms with Crippen molar-refractivity contribution in [3.63, 3.8) is 0 Å².